The molecule has 0 spiro atoms. The van der Waals surface area contributed by atoms with Gasteiger partial charge in [-0.05, 0) is 56.2 Å². The van der Waals surface area contributed by atoms with Gasteiger partial charge in [-0.2, -0.15) is 5.10 Å². The zero-order valence-electron chi connectivity index (χ0n) is 15.8. The van der Waals surface area contributed by atoms with E-state index >= 15 is 0 Å². The second-order valence-electron chi connectivity index (χ2n) is 6.24. The van der Waals surface area contributed by atoms with Crippen LogP contribution in [0.15, 0.2) is 59.6 Å². The van der Waals surface area contributed by atoms with E-state index in [1.807, 2.05) is 24.3 Å². The Balaban J connectivity index is 1.60. The minimum atomic E-state index is -0.696. The molecule has 0 aliphatic rings. The average Bonchev–Trinajstić information content (AvgIpc) is 3.24. The fraction of sp³-hybridized carbons (Fsp3) is 0.238. The molecule has 0 saturated heterocycles. The third-order valence-electron chi connectivity index (χ3n) is 4.13. The van der Waals surface area contributed by atoms with Crippen molar-refractivity contribution in [2.24, 2.45) is 0 Å². The topological polar surface area (TPSA) is 49.2 Å². The van der Waals surface area contributed by atoms with Crippen molar-refractivity contribution in [1.29, 1.82) is 0 Å². The molecule has 152 valence electrons. The Bertz CT molecular complexity index is 961. The largest absolute Gasteiger partial charge is 0.494 e. The monoisotopic (exact) mass is 463 g/mol. The summed E-state index contributed by atoms with van der Waals surface area (Å²) in [5.74, 6) is -0.251. The highest BCUT2D eigenvalue weighted by atomic mass is 79.9. The molecule has 0 aliphatic carbocycles. The first-order valence-corrected chi connectivity index (χ1v) is 9.86. The van der Waals surface area contributed by atoms with Crippen molar-refractivity contribution >= 4 is 27.4 Å². The molecular weight excluding hydrogens is 444 g/mol. The van der Waals surface area contributed by atoms with Crippen LogP contribution < -0.4 is 4.74 Å². The molecule has 0 N–H and O–H groups in total. The van der Waals surface area contributed by atoms with Gasteiger partial charge < -0.3 is 9.47 Å². The van der Waals surface area contributed by atoms with Crippen molar-refractivity contribution < 1.29 is 18.3 Å². The number of ether oxygens (including phenoxy) is 2. The van der Waals surface area contributed by atoms with Crippen LogP contribution in [0.25, 0.3) is 11.5 Å². The predicted molar refractivity (Wildman–Crippen MR) is 110 cm³/mol. The normalized spacial score (nSPS) is 11.9. The quantitative estimate of drug-likeness (QED) is 0.308. The number of unbranched alkanes of at least 4 members (excludes halogenated alkanes) is 1. The maximum Gasteiger partial charge on any atom is 0.150 e. The summed E-state index contributed by atoms with van der Waals surface area (Å²) in [6.45, 7) is 2.63. The van der Waals surface area contributed by atoms with Crippen LogP contribution in [0.5, 0.6) is 5.75 Å². The highest BCUT2D eigenvalue weighted by Gasteiger charge is 2.15. The van der Waals surface area contributed by atoms with E-state index in [0.717, 1.165) is 22.7 Å². The minimum absolute atomic E-state index is 0.172. The Morgan fingerprint density at radius 1 is 1.07 bits per heavy atom. The third-order valence-corrected chi connectivity index (χ3v) is 4.66. The smallest absolute Gasteiger partial charge is 0.150 e. The Morgan fingerprint density at radius 2 is 1.83 bits per heavy atom. The number of aromatic nitrogens is 3. The standard InChI is InChI=1S/C21H20BrF2N3O2/c1-15(27-14-25-13-26-27)21(19-9-6-17(23)12-20(19)24)29-11-3-2-10-28-18-7-4-16(22)5-8-18/h4-9,12-14H,2-3,10-11H2,1H3/b21-15-. The van der Waals surface area contributed by atoms with Crippen LogP contribution >= 0.6 is 15.9 Å². The van der Waals surface area contributed by atoms with Crippen LogP contribution in [-0.2, 0) is 4.74 Å². The number of allylic oxidation sites excluding steroid dienone is 1. The van der Waals surface area contributed by atoms with Gasteiger partial charge >= 0.3 is 0 Å². The molecular formula is C21H20BrF2N3O2. The highest BCUT2D eigenvalue weighted by molar-refractivity contribution is 9.10. The Hall–Kier alpha value is -2.74. The van der Waals surface area contributed by atoms with E-state index in [9.17, 15) is 8.78 Å². The van der Waals surface area contributed by atoms with E-state index < -0.39 is 11.6 Å². The maximum absolute atomic E-state index is 14.3. The van der Waals surface area contributed by atoms with E-state index in [1.54, 1.807) is 6.92 Å². The van der Waals surface area contributed by atoms with Gasteiger partial charge in [0.1, 0.15) is 30.0 Å². The molecule has 0 saturated carbocycles. The van der Waals surface area contributed by atoms with E-state index in [-0.39, 0.29) is 5.56 Å². The number of hydrogen-bond donors (Lipinski definition) is 0. The van der Waals surface area contributed by atoms with Crippen LogP contribution in [0, 0.1) is 11.6 Å². The van der Waals surface area contributed by atoms with Crippen LogP contribution in [0.1, 0.15) is 25.3 Å². The number of halogens is 3. The van der Waals surface area contributed by atoms with Gasteiger partial charge in [0.05, 0.1) is 24.5 Å². The summed E-state index contributed by atoms with van der Waals surface area (Å²) >= 11 is 3.38. The van der Waals surface area contributed by atoms with Gasteiger partial charge in [0.15, 0.2) is 5.76 Å². The molecule has 1 aromatic heterocycles. The summed E-state index contributed by atoms with van der Waals surface area (Å²) in [5, 5.41) is 4.06. The van der Waals surface area contributed by atoms with Crippen molar-refractivity contribution in [2.45, 2.75) is 19.8 Å². The molecule has 3 aromatic rings. The van der Waals surface area contributed by atoms with Crippen LogP contribution in [0.2, 0.25) is 0 Å². The van der Waals surface area contributed by atoms with Crippen molar-refractivity contribution in [2.75, 3.05) is 13.2 Å². The molecule has 0 fully saturated rings. The molecule has 0 amide bonds. The molecule has 5 nitrogen and oxygen atoms in total. The lowest BCUT2D eigenvalue weighted by Crippen LogP contribution is -2.06. The number of nitrogens with zero attached hydrogens (tertiary/aromatic N) is 3. The molecule has 0 atom stereocenters. The molecule has 3 rings (SSSR count). The van der Waals surface area contributed by atoms with Crippen molar-refractivity contribution in [3.05, 3.63) is 76.8 Å². The van der Waals surface area contributed by atoms with E-state index in [0.29, 0.717) is 31.1 Å². The number of hydrogen-bond acceptors (Lipinski definition) is 4. The first-order chi connectivity index (χ1) is 14.0. The summed E-state index contributed by atoms with van der Waals surface area (Å²) in [6, 6.07) is 11.0. The number of benzene rings is 2. The van der Waals surface area contributed by atoms with E-state index in [2.05, 4.69) is 26.0 Å². The first kappa shape index (κ1) is 21.0. The van der Waals surface area contributed by atoms with E-state index in [4.69, 9.17) is 9.47 Å². The molecule has 8 heteroatoms. The predicted octanol–water partition coefficient (Wildman–Crippen LogP) is 5.54. The Labute approximate surface area is 176 Å². The van der Waals surface area contributed by atoms with Gasteiger partial charge in [0.25, 0.3) is 0 Å². The van der Waals surface area contributed by atoms with Gasteiger partial charge in [0.2, 0.25) is 0 Å². The van der Waals surface area contributed by atoms with Crippen molar-refractivity contribution in [3.8, 4) is 5.75 Å². The van der Waals surface area contributed by atoms with Gasteiger partial charge in [-0.1, -0.05) is 15.9 Å². The van der Waals surface area contributed by atoms with E-state index in [1.165, 1.54) is 29.5 Å². The summed E-state index contributed by atoms with van der Waals surface area (Å²) in [7, 11) is 0. The van der Waals surface area contributed by atoms with Crippen LogP contribution in [-0.4, -0.2) is 28.0 Å². The third kappa shape index (κ3) is 5.87. The Morgan fingerprint density at radius 3 is 2.52 bits per heavy atom. The lowest BCUT2D eigenvalue weighted by atomic mass is 10.1. The molecule has 1 heterocycles. The van der Waals surface area contributed by atoms with Crippen LogP contribution in [0.3, 0.4) is 0 Å². The second kappa shape index (κ2) is 10.2. The molecule has 0 aliphatic heterocycles. The fourth-order valence-electron chi connectivity index (χ4n) is 2.64. The van der Waals surface area contributed by atoms with Crippen LogP contribution in [0.4, 0.5) is 8.78 Å². The SMILES string of the molecule is C/C(=C(/OCCCCOc1ccc(Br)cc1)c1ccc(F)cc1F)n1cncn1. The molecule has 29 heavy (non-hydrogen) atoms. The molecule has 0 bridgehead atoms. The maximum atomic E-state index is 14.3. The molecule has 0 unspecified atom stereocenters. The lowest BCUT2D eigenvalue weighted by molar-refractivity contribution is 0.243. The fourth-order valence-corrected chi connectivity index (χ4v) is 2.90. The summed E-state index contributed by atoms with van der Waals surface area (Å²) in [6.07, 6.45) is 4.33. The molecule has 2 aromatic carbocycles. The number of rotatable bonds is 9. The molecule has 0 radical (unpaired) electrons. The average molecular weight is 464 g/mol. The van der Waals surface area contributed by atoms with Crippen molar-refractivity contribution in [1.82, 2.24) is 14.8 Å². The van der Waals surface area contributed by atoms with Gasteiger partial charge in [-0.25, -0.2) is 18.4 Å². The summed E-state index contributed by atoms with van der Waals surface area (Å²) in [4.78, 5) is 3.90. The van der Waals surface area contributed by atoms with Gasteiger partial charge in [0, 0.05) is 10.5 Å². The highest BCUT2D eigenvalue weighted by Crippen LogP contribution is 2.26. The van der Waals surface area contributed by atoms with Gasteiger partial charge in [-0.15, -0.1) is 0 Å². The zero-order chi connectivity index (χ0) is 20.6. The first-order valence-electron chi connectivity index (χ1n) is 9.07. The minimum Gasteiger partial charge on any atom is -0.494 e. The lowest BCUT2D eigenvalue weighted by Gasteiger charge is -2.15. The Kier molecular flexibility index (Phi) is 7.35. The zero-order valence-corrected chi connectivity index (χ0v) is 17.4. The van der Waals surface area contributed by atoms with Crippen molar-refractivity contribution in [3.63, 3.8) is 0 Å². The summed E-state index contributed by atoms with van der Waals surface area (Å²) in [5.41, 5.74) is 0.727. The summed E-state index contributed by atoms with van der Waals surface area (Å²) < 4.78 is 41.6. The van der Waals surface area contributed by atoms with Gasteiger partial charge in [-0.3, -0.25) is 0 Å². The second-order valence-corrected chi connectivity index (χ2v) is 7.15.